The van der Waals surface area contributed by atoms with Crippen LogP contribution in [0.4, 0.5) is 0 Å². The molecule has 2 amide bonds. The molecule has 7 heteroatoms. The molecule has 0 unspecified atom stereocenters. The summed E-state index contributed by atoms with van der Waals surface area (Å²) in [6, 6.07) is 16.2. The molecular weight excluding hydrogens is 392 g/mol. The van der Waals surface area contributed by atoms with Gasteiger partial charge in [0.25, 0.3) is 5.91 Å². The molecule has 2 aromatic carbocycles. The fourth-order valence-corrected chi connectivity index (χ4v) is 4.18. The van der Waals surface area contributed by atoms with Gasteiger partial charge in [0.2, 0.25) is 5.91 Å². The molecule has 1 saturated heterocycles. The third-order valence-corrected chi connectivity index (χ3v) is 5.64. The Kier molecular flexibility index (Phi) is 6.74. The van der Waals surface area contributed by atoms with Gasteiger partial charge >= 0.3 is 0 Å². The summed E-state index contributed by atoms with van der Waals surface area (Å²) in [6.45, 7) is -0.0307. The Hall–Kier alpha value is -3.21. The topological polar surface area (TPSA) is 87.9 Å². The van der Waals surface area contributed by atoms with E-state index in [-0.39, 0.29) is 30.9 Å². The minimum Gasteiger partial charge on any atom is -0.394 e. The lowest BCUT2D eigenvalue weighted by Crippen LogP contribution is -2.66. The molecule has 1 aliphatic heterocycles. The van der Waals surface area contributed by atoms with Crippen LogP contribution in [0.15, 0.2) is 48.5 Å². The molecule has 0 aromatic heterocycles. The number of carbonyl (C=O) groups excluding carboxylic acids is 2. The number of rotatable bonds is 6. The van der Waals surface area contributed by atoms with Crippen molar-refractivity contribution in [3.05, 3.63) is 59.7 Å². The van der Waals surface area contributed by atoms with E-state index in [0.29, 0.717) is 5.56 Å². The first-order valence-electron chi connectivity index (χ1n) is 10.2. The molecule has 1 heterocycles. The minimum atomic E-state index is -0.639. The van der Waals surface area contributed by atoms with E-state index < -0.39 is 12.1 Å². The van der Waals surface area contributed by atoms with Crippen molar-refractivity contribution < 1.29 is 14.7 Å². The van der Waals surface area contributed by atoms with Gasteiger partial charge in [-0.05, 0) is 42.9 Å². The number of nitriles is 1. The highest BCUT2D eigenvalue weighted by molar-refractivity contribution is 5.94. The Morgan fingerprint density at radius 1 is 1.06 bits per heavy atom. The van der Waals surface area contributed by atoms with Crippen LogP contribution in [0.2, 0.25) is 0 Å². The van der Waals surface area contributed by atoms with Crippen LogP contribution >= 0.6 is 0 Å². The standard InChI is InChI=1S/C24H28N4O3/c1-26(2)14-22(30)28-20(13-25)23(21(28)15-29)19-8-6-5-7-18(19)16-9-11-17(12-10-16)24(31)27(3)4/h5-12,20-21,23,29H,14-15H2,1-4H3/t20-,21-,23+/m1/s1. The molecule has 2 aromatic rings. The van der Waals surface area contributed by atoms with Crippen LogP contribution < -0.4 is 0 Å². The highest BCUT2D eigenvalue weighted by Crippen LogP contribution is 2.44. The van der Waals surface area contributed by atoms with E-state index in [0.717, 1.165) is 16.7 Å². The number of aliphatic hydroxyl groups excluding tert-OH is 1. The van der Waals surface area contributed by atoms with Crippen LogP contribution in [-0.2, 0) is 4.79 Å². The zero-order valence-electron chi connectivity index (χ0n) is 18.3. The average Bonchev–Trinajstić information content (AvgIpc) is 2.73. The molecule has 7 nitrogen and oxygen atoms in total. The first-order valence-corrected chi connectivity index (χ1v) is 10.2. The predicted molar refractivity (Wildman–Crippen MR) is 118 cm³/mol. The van der Waals surface area contributed by atoms with Gasteiger partial charge in [-0.25, -0.2) is 0 Å². The SMILES string of the molecule is CN(C)CC(=O)N1[C@H](C#N)[C@H](c2ccccc2-c2ccc(C(=O)N(C)C)cc2)[C@H]1CO. The number of amides is 2. The summed E-state index contributed by atoms with van der Waals surface area (Å²) in [4.78, 5) is 29.6. The molecule has 31 heavy (non-hydrogen) atoms. The molecule has 3 rings (SSSR count). The van der Waals surface area contributed by atoms with Crippen LogP contribution in [0.5, 0.6) is 0 Å². The predicted octanol–water partition coefficient (Wildman–Crippen LogP) is 1.80. The first kappa shape index (κ1) is 22.5. The van der Waals surface area contributed by atoms with E-state index in [9.17, 15) is 20.0 Å². The lowest BCUT2D eigenvalue weighted by Gasteiger charge is -2.52. The summed E-state index contributed by atoms with van der Waals surface area (Å²) < 4.78 is 0. The molecule has 0 spiro atoms. The fraction of sp³-hybridized carbons (Fsp3) is 0.375. The van der Waals surface area contributed by atoms with E-state index in [1.54, 1.807) is 45.2 Å². The van der Waals surface area contributed by atoms with Gasteiger partial charge in [-0.2, -0.15) is 5.26 Å². The van der Waals surface area contributed by atoms with Crippen LogP contribution in [-0.4, -0.2) is 85.0 Å². The average molecular weight is 421 g/mol. The highest BCUT2D eigenvalue weighted by Gasteiger charge is 2.52. The largest absolute Gasteiger partial charge is 0.394 e. The van der Waals surface area contributed by atoms with Crippen molar-refractivity contribution in [2.75, 3.05) is 41.3 Å². The third-order valence-electron chi connectivity index (χ3n) is 5.64. The number of carbonyl (C=O) groups is 2. The Morgan fingerprint density at radius 3 is 2.26 bits per heavy atom. The molecular formula is C24H28N4O3. The second-order valence-corrected chi connectivity index (χ2v) is 8.25. The van der Waals surface area contributed by atoms with Gasteiger partial charge in [0.15, 0.2) is 0 Å². The van der Waals surface area contributed by atoms with Crippen molar-refractivity contribution in [1.82, 2.24) is 14.7 Å². The van der Waals surface area contributed by atoms with Crippen LogP contribution in [0.25, 0.3) is 11.1 Å². The van der Waals surface area contributed by atoms with Gasteiger partial charge < -0.3 is 19.8 Å². The van der Waals surface area contributed by atoms with E-state index in [4.69, 9.17) is 0 Å². The Balaban J connectivity index is 1.95. The quantitative estimate of drug-likeness (QED) is 0.770. The number of aliphatic hydroxyl groups is 1. The Labute approximate surface area is 183 Å². The number of hydrogen-bond donors (Lipinski definition) is 1. The van der Waals surface area contributed by atoms with Crippen molar-refractivity contribution in [2.24, 2.45) is 0 Å². The van der Waals surface area contributed by atoms with Crippen molar-refractivity contribution in [1.29, 1.82) is 5.26 Å². The first-order chi connectivity index (χ1) is 14.8. The maximum atomic E-state index is 12.6. The number of hydrogen-bond acceptors (Lipinski definition) is 5. The number of benzene rings is 2. The highest BCUT2D eigenvalue weighted by atomic mass is 16.3. The normalized spacial score (nSPS) is 20.2. The number of likely N-dealkylation sites (N-methyl/N-ethyl adjacent to an activating group) is 1. The van der Waals surface area contributed by atoms with Crippen molar-refractivity contribution in [2.45, 2.75) is 18.0 Å². The van der Waals surface area contributed by atoms with Gasteiger partial charge in [-0.1, -0.05) is 36.4 Å². The molecule has 1 aliphatic rings. The van der Waals surface area contributed by atoms with E-state index in [1.165, 1.54) is 9.80 Å². The van der Waals surface area contributed by atoms with E-state index in [2.05, 4.69) is 6.07 Å². The molecule has 1 N–H and O–H groups in total. The van der Waals surface area contributed by atoms with Gasteiger partial charge in [0, 0.05) is 25.6 Å². The molecule has 0 bridgehead atoms. The summed E-state index contributed by atoms with van der Waals surface area (Å²) in [5.41, 5.74) is 3.35. The Bertz CT molecular complexity index is 995. The zero-order valence-corrected chi connectivity index (χ0v) is 18.3. The van der Waals surface area contributed by atoms with E-state index >= 15 is 0 Å². The summed E-state index contributed by atoms with van der Waals surface area (Å²) >= 11 is 0. The van der Waals surface area contributed by atoms with Crippen LogP contribution in [0.3, 0.4) is 0 Å². The maximum Gasteiger partial charge on any atom is 0.253 e. The second kappa shape index (κ2) is 9.29. The molecule has 0 aliphatic carbocycles. The van der Waals surface area contributed by atoms with E-state index in [1.807, 2.05) is 36.4 Å². The minimum absolute atomic E-state index is 0.0706. The van der Waals surface area contributed by atoms with Crippen molar-refractivity contribution in [3.63, 3.8) is 0 Å². The smallest absolute Gasteiger partial charge is 0.253 e. The fourth-order valence-electron chi connectivity index (χ4n) is 4.18. The third kappa shape index (κ3) is 4.31. The molecule has 0 radical (unpaired) electrons. The summed E-state index contributed by atoms with van der Waals surface area (Å²) in [5, 5.41) is 19.9. The molecule has 162 valence electrons. The van der Waals surface area contributed by atoms with Gasteiger partial charge in [0.1, 0.15) is 6.04 Å². The lowest BCUT2D eigenvalue weighted by molar-refractivity contribution is -0.147. The van der Waals surface area contributed by atoms with Crippen LogP contribution in [0.1, 0.15) is 21.8 Å². The molecule has 1 fully saturated rings. The Morgan fingerprint density at radius 2 is 1.71 bits per heavy atom. The maximum absolute atomic E-state index is 12.6. The van der Waals surface area contributed by atoms with Gasteiger partial charge in [-0.3, -0.25) is 9.59 Å². The monoisotopic (exact) mass is 420 g/mol. The molecule has 0 saturated carbocycles. The summed E-state index contributed by atoms with van der Waals surface area (Å²) in [6.07, 6.45) is 0. The lowest BCUT2D eigenvalue weighted by atomic mass is 9.73. The zero-order chi connectivity index (χ0) is 22.7. The van der Waals surface area contributed by atoms with Crippen LogP contribution in [0, 0.1) is 11.3 Å². The van der Waals surface area contributed by atoms with Gasteiger partial charge in [-0.15, -0.1) is 0 Å². The van der Waals surface area contributed by atoms with Gasteiger partial charge in [0.05, 0.1) is 25.3 Å². The summed E-state index contributed by atoms with van der Waals surface area (Å²) in [7, 11) is 7.01. The van der Waals surface area contributed by atoms with Crippen molar-refractivity contribution >= 4 is 11.8 Å². The second-order valence-electron chi connectivity index (χ2n) is 8.25. The number of nitrogens with zero attached hydrogens (tertiary/aromatic N) is 4. The molecule has 3 atom stereocenters. The number of likely N-dealkylation sites (tertiary alicyclic amines) is 1. The van der Waals surface area contributed by atoms with Crippen molar-refractivity contribution in [3.8, 4) is 17.2 Å². The summed E-state index contributed by atoms with van der Waals surface area (Å²) in [5.74, 6) is -0.532.